The number of hydrogen-bond donors (Lipinski definition) is 1. The van der Waals surface area contributed by atoms with Gasteiger partial charge in [0.2, 0.25) is 0 Å². The molecule has 1 saturated heterocycles. The minimum absolute atomic E-state index is 0.0415. The van der Waals surface area contributed by atoms with E-state index in [1.807, 2.05) is 0 Å². The summed E-state index contributed by atoms with van der Waals surface area (Å²) in [5, 5.41) is 11.6. The van der Waals surface area contributed by atoms with Crippen LogP contribution >= 0.6 is 0 Å². The van der Waals surface area contributed by atoms with Crippen LogP contribution in [0.25, 0.3) is 0 Å². The van der Waals surface area contributed by atoms with Crippen LogP contribution in [0.4, 0.5) is 0 Å². The second kappa shape index (κ2) is 6.41. The van der Waals surface area contributed by atoms with Gasteiger partial charge in [0, 0.05) is 18.3 Å². The van der Waals surface area contributed by atoms with Crippen LogP contribution in [0.2, 0.25) is 0 Å². The number of allylic oxidation sites excluding steroid dienone is 1. The molecule has 0 aromatic carbocycles. The normalized spacial score (nSPS) is 49.7. The molecular weight excluding hydrogens is 384 g/mol. The van der Waals surface area contributed by atoms with Crippen molar-refractivity contribution in [3.8, 4) is 0 Å². The van der Waals surface area contributed by atoms with E-state index in [9.17, 15) is 19.5 Å². The number of carbonyl (C=O) groups excluding carboxylic acids is 3. The van der Waals surface area contributed by atoms with Gasteiger partial charge in [-0.15, -0.1) is 0 Å². The SMILES string of the molecule is COC(=O)[C@@H]1CC2=CC(=O)CC[C@@]2(C)[C@@H]2C1[C@H]1CC[C@@]3(CCC(=O)O3)[C@]1(C)C[C@H]2O. The Balaban J connectivity index is 1.62. The third-order valence-corrected chi connectivity index (χ3v) is 9.79. The fraction of sp³-hybridized carbons (Fsp3) is 0.792. The van der Waals surface area contributed by atoms with E-state index in [0.717, 1.165) is 18.4 Å². The minimum atomic E-state index is -0.611. The third-order valence-electron chi connectivity index (χ3n) is 9.79. The third kappa shape index (κ3) is 2.43. The Hall–Kier alpha value is -1.69. The lowest BCUT2D eigenvalue weighted by Gasteiger charge is -2.62. The molecule has 5 rings (SSSR count). The van der Waals surface area contributed by atoms with Gasteiger partial charge in [0.15, 0.2) is 5.78 Å². The highest BCUT2D eigenvalue weighted by Crippen LogP contribution is 2.70. The van der Waals surface area contributed by atoms with Gasteiger partial charge in [0.25, 0.3) is 0 Å². The van der Waals surface area contributed by atoms with Crippen molar-refractivity contribution in [2.75, 3.05) is 7.11 Å². The lowest BCUT2D eigenvalue weighted by atomic mass is 9.43. The summed E-state index contributed by atoms with van der Waals surface area (Å²) in [5.41, 5.74) is -0.168. The van der Waals surface area contributed by atoms with Crippen LogP contribution in [0.5, 0.6) is 0 Å². The van der Waals surface area contributed by atoms with E-state index in [1.54, 1.807) is 6.08 Å². The zero-order chi connectivity index (χ0) is 21.5. The second-order valence-corrected chi connectivity index (χ2v) is 10.8. The van der Waals surface area contributed by atoms with E-state index in [0.29, 0.717) is 38.5 Å². The number of fused-ring (bicyclic) bond motifs is 6. The number of rotatable bonds is 1. The van der Waals surface area contributed by atoms with E-state index in [2.05, 4.69) is 13.8 Å². The van der Waals surface area contributed by atoms with Crippen LogP contribution in [0.1, 0.15) is 65.2 Å². The molecule has 0 amide bonds. The number of aliphatic hydroxyl groups is 1. The second-order valence-electron chi connectivity index (χ2n) is 10.8. The molecule has 0 bridgehead atoms. The molecule has 1 N–H and O–H groups in total. The summed E-state index contributed by atoms with van der Waals surface area (Å²) >= 11 is 0. The molecule has 6 nitrogen and oxygen atoms in total. The average Bonchev–Trinajstić information content (AvgIpc) is 3.21. The summed E-state index contributed by atoms with van der Waals surface area (Å²) in [6.45, 7) is 4.33. The summed E-state index contributed by atoms with van der Waals surface area (Å²) in [5.74, 6) is -0.636. The number of methoxy groups -OCH3 is 1. The molecule has 0 radical (unpaired) electrons. The largest absolute Gasteiger partial charge is 0.469 e. The number of aliphatic hydroxyl groups excluding tert-OH is 1. The predicted molar refractivity (Wildman–Crippen MR) is 107 cm³/mol. The van der Waals surface area contributed by atoms with Crippen LogP contribution in [-0.2, 0) is 23.9 Å². The topological polar surface area (TPSA) is 89.9 Å². The smallest absolute Gasteiger partial charge is 0.309 e. The van der Waals surface area contributed by atoms with Crippen molar-refractivity contribution in [1.82, 2.24) is 0 Å². The van der Waals surface area contributed by atoms with Gasteiger partial charge in [-0.05, 0) is 67.8 Å². The van der Waals surface area contributed by atoms with E-state index < -0.39 is 11.7 Å². The summed E-state index contributed by atoms with van der Waals surface area (Å²) in [6.07, 6.45) is 6.21. The molecule has 6 heteroatoms. The van der Waals surface area contributed by atoms with Gasteiger partial charge in [-0.3, -0.25) is 14.4 Å². The van der Waals surface area contributed by atoms with Gasteiger partial charge < -0.3 is 14.6 Å². The number of hydrogen-bond acceptors (Lipinski definition) is 6. The van der Waals surface area contributed by atoms with Gasteiger partial charge >= 0.3 is 11.9 Å². The molecule has 3 saturated carbocycles. The molecule has 1 spiro atoms. The fourth-order valence-electron chi connectivity index (χ4n) is 8.35. The first-order valence-corrected chi connectivity index (χ1v) is 11.4. The highest BCUT2D eigenvalue weighted by Gasteiger charge is 2.71. The molecule has 0 aromatic heterocycles. The Bertz CT molecular complexity index is 847. The standard InChI is InChI=1S/C24H32O6/c1-22-7-4-14(25)10-13(22)11-15(21(28)29-3)19-16-5-8-24(9-6-18(27)30-24)23(16,2)12-17(26)20(19)22/h10,15-17,19-20,26H,4-9,11-12H2,1-3H3/t15-,16-,17-,19?,20+,22-,23-,24-/m1/s1. The summed E-state index contributed by atoms with van der Waals surface area (Å²) < 4.78 is 11.2. The highest BCUT2D eigenvalue weighted by molar-refractivity contribution is 5.92. The zero-order valence-corrected chi connectivity index (χ0v) is 18.1. The first kappa shape index (κ1) is 20.2. The quantitative estimate of drug-likeness (QED) is 0.661. The molecule has 5 aliphatic rings. The van der Waals surface area contributed by atoms with Crippen LogP contribution in [0, 0.1) is 34.5 Å². The zero-order valence-electron chi connectivity index (χ0n) is 18.1. The van der Waals surface area contributed by atoms with Crippen molar-refractivity contribution < 1.29 is 29.0 Å². The first-order chi connectivity index (χ1) is 14.1. The van der Waals surface area contributed by atoms with Crippen molar-refractivity contribution in [3.63, 3.8) is 0 Å². The first-order valence-electron chi connectivity index (χ1n) is 11.4. The molecule has 4 aliphatic carbocycles. The maximum atomic E-state index is 12.9. The summed E-state index contributed by atoms with van der Waals surface area (Å²) in [7, 11) is 1.42. The lowest BCUT2D eigenvalue weighted by Crippen LogP contribution is -2.62. The Morgan fingerprint density at radius 3 is 2.63 bits per heavy atom. The van der Waals surface area contributed by atoms with Crippen LogP contribution < -0.4 is 0 Å². The van der Waals surface area contributed by atoms with Gasteiger partial charge in [0.1, 0.15) is 5.60 Å². The number of esters is 2. The molecular formula is C24H32O6. The fourth-order valence-corrected chi connectivity index (χ4v) is 8.35. The summed E-state index contributed by atoms with van der Waals surface area (Å²) in [6, 6.07) is 0. The summed E-state index contributed by atoms with van der Waals surface area (Å²) in [4.78, 5) is 37.2. The van der Waals surface area contributed by atoms with Crippen LogP contribution in [0.15, 0.2) is 11.6 Å². The Kier molecular flexibility index (Phi) is 4.32. The molecule has 8 atom stereocenters. The molecule has 1 unspecified atom stereocenters. The number of ether oxygens (including phenoxy) is 2. The minimum Gasteiger partial charge on any atom is -0.469 e. The van der Waals surface area contributed by atoms with Crippen molar-refractivity contribution >= 4 is 17.7 Å². The molecule has 164 valence electrons. The van der Waals surface area contributed by atoms with E-state index in [1.165, 1.54) is 7.11 Å². The Labute approximate surface area is 177 Å². The lowest BCUT2D eigenvalue weighted by molar-refractivity contribution is -0.197. The van der Waals surface area contributed by atoms with E-state index in [4.69, 9.17) is 9.47 Å². The van der Waals surface area contributed by atoms with Gasteiger partial charge in [-0.25, -0.2) is 0 Å². The van der Waals surface area contributed by atoms with Crippen molar-refractivity contribution in [2.45, 2.75) is 76.9 Å². The average molecular weight is 417 g/mol. The van der Waals surface area contributed by atoms with Crippen molar-refractivity contribution in [1.29, 1.82) is 0 Å². The van der Waals surface area contributed by atoms with Gasteiger partial charge in [-0.1, -0.05) is 19.4 Å². The monoisotopic (exact) mass is 416 g/mol. The van der Waals surface area contributed by atoms with E-state index in [-0.39, 0.29) is 52.2 Å². The molecule has 0 aromatic rings. The van der Waals surface area contributed by atoms with Crippen LogP contribution in [0.3, 0.4) is 0 Å². The van der Waals surface area contributed by atoms with Gasteiger partial charge in [-0.2, -0.15) is 0 Å². The highest BCUT2D eigenvalue weighted by atomic mass is 16.6. The molecule has 1 heterocycles. The van der Waals surface area contributed by atoms with Gasteiger partial charge in [0.05, 0.1) is 19.1 Å². The maximum Gasteiger partial charge on any atom is 0.309 e. The van der Waals surface area contributed by atoms with Crippen LogP contribution in [-0.4, -0.2) is 41.6 Å². The van der Waals surface area contributed by atoms with Crippen molar-refractivity contribution in [3.05, 3.63) is 11.6 Å². The predicted octanol–water partition coefficient (Wildman–Crippen LogP) is 2.96. The maximum absolute atomic E-state index is 12.9. The Morgan fingerprint density at radius 1 is 1.20 bits per heavy atom. The number of ketones is 1. The molecule has 4 fully saturated rings. The van der Waals surface area contributed by atoms with E-state index >= 15 is 0 Å². The Morgan fingerprint density at radius 2 is 1.97 bits per heavy atom. The molecule has 30 heavy (non-hydrogen) atoms. The number of carbonyl (C=O) groups is 3. The van der Waals surface area contributed by atoms with Crippen molar-refractivity contribution in [2.24, 2.45) is 34.5 Å². The molecule has 1 aliphatic heterocycles.